The third-order valence-corrected chi connectivity index (χ3v) is 3.01. The number of rotatable bonds is 7. The first kappa shape index (κ1) is 16.2. The first-order valence-corrected chi connectivity index (χ1v) is 6.53. The van der Waals surface area contributed by atoms with Crippen LogP contribution in [0.25, 0.3) is 0 Å². The fraction of sp³-hybridized carbons (Fsp3) is 0.571. The molecule has 1 aromatic rings. The lowest BCUT2D eigenvalue weighted by atomic mass is 10.2. The highest BCUT2D eigenvalue weighted by Crippen LogP contribution is 2.13. The average molecular weight is 287 g/mol. The summed E-state index contributed by atoms with van der Waals surface area (Å²) in [5.74, 6) is 0.798. The highest BCUT2D eigenvalue weighted by molar-refractivity contribution is 5.27. The zero-order valence-corrected chi connectivity index (χ0v) is 11.7. The van der Waals surface area contributed by atoms with Crippen molar-refractivity contribution in [3.8, 4) is 5.75 Å². The van der Waals surface area contributed by atoms with Crippen molar-refractivity contribution < 1.29 is 27.0 Å². The van der Waals surface area contributed by atoms with E-state index in [9.17, 15) is 0 Å². The SMILES string of the molecule is OCCOc1ccc(CNCC2CCCO2)cc1.[Cl-]. The second kappa shape index (κ2) is 9.15. The van der Waals surface area contributed by atoms with Crippen LogP contribution in [0.15, 0.2) is 24.3 Å². The van der Waals surface area contributed by atoms with Gasteiger partial charge >= 0.3 is 0 Å². The molecule has 0 bridgehead atoms. The number of ether oxygens (including phenoxy) is 2. The summed E-state index contributed by atoms with van der Waals surface area (Å²) in [6.07, 6.45) is 2.74. The van der Waals surface area contributed by atoms with Gasteiger partial charge in [-0.25, -0.2) is 0 Å². The standard InChI is InChI=1S/C14H21NO3.ClH/c16-7-9-18-13-5-3-12(4-6-13)10-15-11-14-2-1-8-17-14;/h3-6,14-16H,1-2,7-11H2;1H/p-1. The minimum atomic E-state index is 0. The highest BCUT2D eigenvalue weighted by Gasteiger charge is 2.14. The van der Waals surface area contributed by atoms with Gasteiger partial charge in [0.1, 0.15) is 12.4 Å². The van der Waals surface area contributed by atoms with Gasteiger partial charge in [0, 0.05) is 19.7 Å². The summed E-state index contributed by atoms with van der Waals surface area (Å²) >= 11 is 0. The van der Waals surface area contributed by atoms with Crippen molar-refractivity contribution in [3.05, 3.63) is 29.8 Å². The molecule has 1 heterocycles. The van der Waals surface area contributed by atoms with E-state index in [4.69, 9.17) is 14.6 Å². The van der Waals surface area contributed by atoms with Crippen molar-refractivity contribution in [2.45, 2.75) is 25.5 Å². The third kappa shape index (κ3) is 5.78. The van der Waals surface area contributed by atoms with Crippen molar-refractivity contribution >= 4 is 0 Å². The Labute approximate surface area is 120 Å². The first-order valence-electron chi connectivity index (χ1n) is 6.53. The van der Waals surface area contributed by atoms with Crippen molar-refractivity contribution in [2.24, 2.45) is 0 Å². The summed E-state index contributed by atoms with van der Waals surface area (Å²) in [6.45, 7) is 3.06. The van der Waals surface area contributed by atoms with Gasteiger partial charge in [0.15, 0.2) is 0 Å². The van der Waals surface area contributed by atoms with Crippen LogP contribution in [0.5, 0.6) is 5.75 Å². The van der Waals surface area contributed by atoms with Crippen molar-refractivity contribution in [1.82, 2.24) is 5.32 Å². The molecule has 1 saturated heterocycles. The summed E-state index contributed by atoms with van der Waals surface area (Å²) in [5.41, 5.74) is 1.23. The molecule has 4 nitrogen and oxygen atoms in total. The molecule has 1 unspecified atom stereocenters. The first-order chi connectivity index (χ1) is 8.88. The quantitative estimate of drug-likeness (QED) is 0.629. The van der Waals surface area contributed by atoms with Crippen LogP contribution in [0.1, 0.15) is 18.4 Å². The number of halogens is 1. The maximum Gasteiger partial charge on any atom is 0.119 e. The molecule has 0 spiro atoms. The Balaban J connectivity index is 0.00000180. The third-order valence-electron chi connectivity index (χ3n) is 3.01. The van der Waals surface area contributed by atoms with Gasteiger partial charge in [-0.05, 0) is 30.5 Å². The topological polar surface area (TPSA) is 50.7 Å². The van der Waals surface area contributed by atoms with Crippen LogP contribution in [0.3, 0.4) is 0 Å². The molecule has 5 heteroatoms. The van der Waals surface area contributed by atoms with E-state index in [2.05, 4.69) is 5.32 Å². The molecule has 1 fully saturated rings. The van der Waals surface area contributed by atoms with Crippen LogP contribution in [0.4, 0.5) is 0 Å². The van der Waals surface area contributed by atoms with Gasteiger partial charge in [0.2, 0.25) is 0 Å². The Bertz CT molecular complexity index is 339. The van der Waals surface area contributed by atoms with E-state index >= 15 is 0 Å². The number of hydrogen-bond acceptors (Lipinski definition) is 4. The maximum atomic E-state index is 8.66. The fourth-order valence-corrected chi connectivity index (χ4v) is 2.05. The molecule has 0 saturated carbocycles. The van der Waals surface area contributed by atoms with Crippen molar-refractivity contribution in [1.29, 1.82) is 0 Å². The van der Waals surface area contributed by atoms with Crippen molar-refractivity contribution in [2.75, 3.05) is 26.4 Å². The minimum Gasteiger partial charge on any atom is -1.00 e. The number of hydrogen-bond donors (Lipinski definition) is 2. The molecule has 2 rings (SSSR count). The Morgan fingerprint density at radius 3 is 2.74 bits per heavy atom. The average Bonchev–Trinajstić information content (AvgIpc) is 2.91. The number of benzene rings is 1. The van der Waals surface area contributed by atoms with Gasteiger partial charge in [-0.15, -0.1) is 0 Å². The van der Waals surface area contributed by atoms with Gasteiger partial charge in [-0.3, -0.25) is 0 Å². The molecule has 1 aliphatic rings. The second-order valence-corrected chi connectivity index (χ2v) is 4.48. The van der Waals surface area contributed by atoms with Crippen LogP contribution in [-0.2, 0) is 11.3 Å². The summed E-state index contributed by atoms with van der Waals surface area (Å²) < 4.78 is 10.9. The van der Waals surface area contributed by atoms with Gasteiger partial charge in [-0.1, -0.05) is 12.1 Å². The Hall–Kier alpha value is -0.810. The van der Waals surface area contributed by atoms with Crippen LogP contribution in [0, 0.1) is 0 Å². The molecule has 0 amide bonds. The van der Waals surface area contributed by atoms with E-state index in [1.165, 1.54) is 18.4 Å². The fourth-order valence-electron chi connectivity index (χ4n) is 2.05. The number of aliphatic hydroxyl groups is 1. The molecule has 19 heavy (non-hydrogen) atoms. The van der Waals surface area contributed by atoms with Crippen molar-refractivity contribution in [3.63, 3.8) is 0 Å². The predicted octanol–water partition coefficient (Wildman–Crippen LogP) is -1.67. The molecule has 0 radical (unpaired) electrons. The summed E-state index contributed by atoms with van der Waals surface area (Å²) in [7, 11) is 0. The van der Waals surface area contributed by atoms with E-state index in [-0.39, 0.29) is 19.0 Å². The molecule has 108 valence electrons. The molecule has 0 aliphatic carbocycles. The summed E-state index contributed by atoms with van der Waals surface area (Å²) in [6, 6.07) is 7.93. The van der Waals surface area contributed by atoms with Gasteiger partial charge in [0.25, 0.3) is 0 Å². The van der Waals surface area contributed by atoms with Crippen LogP contribution < -0.4 is 22.5 Å². The molecule has 1 aliphatic heterocycles. The molecule has 0 aromatic heterocycles. The lowest BCUT2D eigenvalue weighted by molar-refractivity contribution is -0.00000622. The lowest BCUT2D eigenvalue weighted by Gasteiger charge is -2.11. The predicted molar refractivity (Wildman–Crippen MR) is 69.7 cm³/mol. The monoisotopic (exact) mass is 286 g/mol. The zero-order valence-electron chi connectivity index (χ0n) is 11.0. The second-order valence-electron chi connectivity index (χ2n) is 4.48. The van der Waals surface area contributed by atoms with E-state index < -0.39 is 0 Å². The van der Waals surface area contributed by atoms with Gasteiger partial charge in [0.05, 0.1) is 12.7 Å². The number of aliphatic hydroxyl groups excluding tert-OH is 1. The van der Waals surface area contributed by atoms with Crippen LogP contribution in [-0.4, -0.2) is 37.6 Å². The minimum absolute atomic E-state index is 0. The molecular formula is C14H21ClNO3-. The Morgan fingerprint density at radius 2 is 2.11 bits per heavy atom. The smallest absolute Gasteiger partial charge is 0.119 e. The van der Waals surface area contributed by atoms with Gasteiger partial charge < -0.3 is 32.3 Å². The van der Waals surface area contributed by atoms with Crippen LogP contribution >= 0.6 is 0 Å². The van der Waals surface area contributed by atoms with E-state index in [1.54, 1.807) is 0 Å². The maximum absolute atomic E-state index is 8.66. The normalized spacial score (nSPS) is 18.1. The summed E-state index contributed by atoms with van der Waals surface area (Å²) in [5, 5.41) is 12.1. The number of nitrogens with one attached hydrogen (secondary N) is 1. The van der Waals surface area contributed by atoms with E-state index in [0.29, 0.717) is 12.7 Å². The Morgan fingerprint density at radius 1 is 1.32 bits per heavy atom. The van der Waals surface area contributed by atoms with Gasteiger partial charge in [-0.2, -0.15) is 0 Å². The molecule has 2 N–H and O–H groups in total. The highest BCUT2D eigenvalue weighted by atomic mass is 35.5. The zero-order chi connectivity index (χ0) is 12.6. The lowest BCUT2D eigenvalue weighted by Crippen LogP contribution is -3.00. The molecule has 1 aromatic carbocycles. The molecular weight excluding hydrogens is 266 g/mol. The molecule has 1 atom stereocenters. The van der Waals surface area contributed by atoms with Crippen LogP contribution in [0.2, 0.25) is 0 Å². The van der Waals surface area contributed by atoms with E-state index in [0.717, 1.165) is 25.4 Å². The van der Waals surface area contributed by atoms with E-state index in [1.807, 2.05) is 24.3 Å². The largest absolute Gasteiger partial charge is 1.00 e. The summed E-state index contributed by atoms with van der Waals surface area (Å²) in [4.78, 5) is 0. The Kier molecular flexibility index (Phi) is 7.82.